The maximum atomic E-state index is 14.6. The highest BCUT2D eigenvalue weighted by Gasteiger charge is 2.48. The van der Waals surface area contributed by atoms with E-state index in [4.69, 9.17) is 15.2 Å². The summed E-state index contributed by atoms with van der Waals surface area (Å²) in [6.07, 6.45) is 3.38. The van der Waals surface area contributed by atoms with Gasteiger partial charge in [-0.05, 0) is 18.6 Å². The molecule has 1 aliphatic rings. The number of ether oxygens (including phenoxy) is 2. The summed E-state index contributed by atoms with van der Waals surface area (Å²) in [5.74, 6) is -2.33. The molecule has 2 amide bonds. The molecule has 168 valence electrons. The summed E-state index contributed by atoms with van der Waals surface area (Å²) in [6.45, 7) is 2.58. The number of amides is 2. The van der Waals surface area contributed by atoms with Crippen molar-refractivity contribution in [2.75, 3.05) is 13.3 Å². The number of pyridine rings is 2. The minimum Gasteiger partial charge on any atom is -0.474 e. The van der Waals surface area contributed by atoms with E-state index in [1.807, 2.05) is 0 Å². The fraction of sp³-hybridized carbons (Fsp3) is 0.381. The summed E-state index contributed by atoms with van der Waals surface area (Å²) in [6, 6.07) is 2.65. The number of esters is 1. The lowest BCUT2D eigenvalue weighted by Crippen LogP contribution is -2.41. The van der Waals surface area contributed by atoms with Gasteiger partial charge in [-0.3, -0.25) is 18.8 Å². The Morgan fingerprint density at radius 3 is 2.75 bits per heavy atom. The van der Waals surface area contributed by atoms with Gasteiger partial charge in [0.25, 0.3) is 11.8 Å². The lowest BCUT2D eigenvalue weighted by Gasteiger charge is -2.26. The van der Waals surface area contributed by atoms with E-state index in [9.17, 15) is 18.8 Å². The van der Waals surface area contributed by atoms with E-state index >= 15 is 0 Å². The van der Waals surface area contributed by atoms with Crippen molar-refractivity contribution in [2.24, 2.45) is 11.7 Å². The molecule has 0 aromatic carbocycles. The molecule has 1 fully saturated rings. The molecule has 0 aliphatic carbocycles. The fourth-order valence-electron chi connectivity index (χ4n) is 4.11. The van der Waals surface area contributed by atoms with Crippen molar-refractivity contribution in [2.45, 2.75) is 32.5 Å². The number of carbonyl (C=O) groups is 3. The number of aromatic nitrogens is 3. The zero-order chi connectivity index (χ0) is 23.0. The largest absolute Gasteiger partial charge is 0.474 e. The molecule has 0 spiro atoms. The number of fused-ring (bicyclic) bond motifs is 3. The van der Waals surface area contributed by atoms with Crippen molar-refractivity contribution in [1.29, 1.82) is 0 Å². The molecule has 0 unspecified atom stereocenters. The van der Waals surface area contributed by atoms with Crippen LogP contribution in [0, 0.1) is 5.92 Å². The number of halogens is 1. The van der Waals surface area contributed by atoms with Gasteiger partial charge in [0.1, 0.15) is 17.8 Å². The first-order valence-electron chi connectivity index (χ1n) is 10.1. The Morgan fingerprint density at radius 1 is 1.28 bits per heavy atom. The van der Waals surface area contributed by atoms with Gasteiger partial charge in [0.15, 0.2) is 12.9 Å². The number of alkyl halides is 1. The van der Waals surface area contributed by atoms with Crippen LogP contribution in [-0.2, 0) is 14.3 Å². The first kappa shape index (κ1) is 21.5. The smallest absolute Gasteiger partial charge is 0.304 e. The molecule has 10 nitrogen and oxygen atoms in total. The Kier molecular flexibility index (Phi) is 5.64. The second kappa shape index (κ2) is 8.40. The highest BCUT2D eigenvalue weighted by molar-refractivity contribution is 6.03. The standard InChI is InChI=1S/C21H22FN5O5/c1-3-13-15(27(10-32-11(2)28)21(30)16(13)22)9-31-20-17-12(4-5-25-20)8-14(18(23)29)19-24-6-7-26(17)19/h4-8,13,15-16H,3,9-10H2,1-2H3,(H2,23,29)/t13-,15+,16-/m0/s1. The van der Waals surface area contributed by atoms with Crippen molar-refractivity contribution in [1.82, 2.24) is 19.3 Å². The minimum atomic E-state index is -1.71. The van der Waals surface area contributed by atoms with Crippen LogP contribution in [0.25, 0.3) is 16.6 Å². The second-order valence-corrected chi connectivity index (χ2v) is 7.52. The topological polar surface area (TPSA) is 129 Å². The van der Waals surface area contributed by atoms with E-state index in [0.717, 1.165) is 0 Å². The third-order valence-corrected chi connectivity index (χ3v) is 5.67. The van der Waals surface area contributed by atoms with Crippen LogP contribution in [0.15, 0.2) is 30.7 Å². The van der Waals surface area contributed by atoms with Gasteiger partial charge in [-0.25, -0.2) is 14.4 Å². The number of hydrogen-bond acceptors (Lipinski definition) is 7. The van der Waals surface area contributed by atoms with Gasteiger partial charge >= 0.3 is 5.97 Å². The maximum Gasteiger partial charge on any atom is 0.304 e. The Labute approximate surface area is 182 Å². The van der Waals surface area contributed by atoms with Crippen LogP contribution in [0.5, 0.6) is 5.88 Å². The van der Waals surface area contributed by atoms with Crippen molar-refractivity contribution in [3.8, 4) is 5.88 Å². The molecule has 11 heteroatoms. The molecule has 0 bridgehead atoms. The Bertz CT molecular complexity index is 1210. The monoisotopic (exact) mass is 443 g/mol. The van der Waals surface area contributed by atoms with Gasteiger partial charge in [0, 0.05) is 36.8 Å². The highest BCUT2D eigenvalue weighted by Crippen LogP contribution is 2.33. The average molecular weight is 443 g/mol. The maximum absolute atomic E-state index is 14.6. The Morgan fingerprint density at radius 2 is 2.06 bits per heavy atom. The number of likely N-dealkylation sites (tertiary alicyclic amines) is 1. The molecular formula is C21H22FN5O5. The van der Waals surface area contributed by atoms with Crippen LogP contribution in [0.3, 0.4) is 0 Å². The molecule has 3 aromatic heterocycles. The number of hydrogen-bond donors (Lipinski definition) is 1. The van der Waals surface area contributed by atoms with E-state index in [2.05, 4.69) is 9.97 Å². The van der Waals surface area contributed by atoms with Crippen LogP contribution < -0.4 is 10.5 Å². The van der Waals surface area contributed by atoms with Gasteiger partial charge in [-0.2, -0.15) is 0 Å². The van der Waals surface area contributed by atoms with Crippen LogP contribution in [0.1, 0.15) is 30.6 Å². The van der Waals surface area contributed by atoms with Crippen LogP contribution in [0.4, 0.5) is 4.39 Å². The van der Waals surface area contributed by atoms with Crippen LogP contribution in [-0.4, -0.2) is 62.6 Å². The number of carbonyl (C=O) groups excluding carboxylic acids is 3. The quantitative estimate of drug-likeness (QED) is 0.547. The molecule has 0 radical (unpaired) electrons. The van der Waals surface area contributed by atoms with Gasteiger partial charge in [-0.1, -0.05) is 6.92 Å². The van der Waals surface area contributed by atoms with Crippen LogP contribution in [0.2, 0.25) is 0 Å². The highest BCUT2D eigenvalue weighted by atomic mass is 19.1. The molecule has 2 N–H and O–H groups in total. The van der Waals surface area contributed by atoms with E-state index < -0.39 is 35.9 Å². The third-order valence-electron chi connectivity index (χ3n) is 5.67. The summed E-state index contributed by atoms with van der Waals surface area (Å²) in [7, 11) is 0. The Balaban J connectivity index is 1.68. The van der Waals surface area contributed by atoms with Crippen molar-refractivity contribution in [3.05, 3.63) is 36.3 Å². The third kappa shape index (κ3) is 3.59. The number of nitrogens with two attached hydrogens (primary N) is 1. The number of primary amides is 1. The lowest BCUT2D eigenvalue weighted by atomic mass is 9.96. The fourth-order valence-corrected chi connectivity index (χ4v) is 4.11. The van der Waals surface area contributed by atoms with E-state index in [1.165, 1.54) is 24.2 Å². The number of nitrogens with zero attached hydrogens (tertiary/aromatic N) is 4. The predicted octanol–water partition coefficient (Wildman–Crippen LogP) is 1.46. The zero-order valence-corrected chi connectivity index (χ0v) is 17.5. The molecule has 32 heavy (non-hydrogen) atoms. The summed E-state index contributed by atoms with van der Waals surface area (Å²) < 4.78 is 27.2. The molecule has 4 heterocycles. The summed E-state index contributed by atoms with van der Waals surface area (Å²) in [4.78, 5) is 45.1. The SMILES string of the molecule is CC[C@@H]1[C@H](F)C(=O)N(COC(C)=O)[C@@H]1COc1nccc2cc(C(N)=O)c3nccn3c12. The zero-order valence-electron chi connectivity index (χ0n) is 17.5. The summed E-state index contributed by atoms with van der Waals surface area (Å²) in [5, 5.41) is 0.643. The summed E-state index contributed by atoms with van der Waals surface area (Å²) >= 11 is 0. The van der Waals surface area contributed by atoms with Gasteiger partial charge in [0.2, 0.25) is 5.88 Å². The van der Waals surface area contributed by atoms with Gasteiger partial charge in [-0.15, -0.1) is 0 Å². The van der Waals surface area contributed by atoms with Gasteiger partial charge in [0.05, 0.1) is 11.6 Å². The molecule has 0 saturated carbocycles. The molecule has 1 aliphatic heterocycles. The molecule has 4 rings (SSSR count). The van der Waals surface area contributed by atoms with Gasteiger partial charge < -0.3 is 20.1 Å². The molecule has 3 aromatic rings. The number of imidazole rings is 1. The second-order valence-electron chi connectivity index (χ2n) is 7.52. The van der Waals surface area contributed by atoms with Crippen molar-refractivity contribution in [3.63, 3.8) is 0 Å². The Hall–Kier alpha value is -3.76. The predicted molar refractivity (Wildman–Crippen MR) is 110 cm³/mol. The summed E-state index contributed by atoms with van der Waals surface area (Å²) in [5.41, 5.74) is 6.63. The van der Waals surface area contributed by atoms with Crippen molar-refractivity contribution < 1.29 is 28.2 Å². The van der Waals surface area contributed by atoms with E-state index in [-0.39, 0.29) is 24.8 Å². The van der Waals surface area contributed by atoms with Crippen molar-refractivity contribution >= 4 is 34.3 Å². The van der Waals surface area contributed by atoms with E-state index in [0.29, 0.717) is 23.0 Å². The lowest BCUT2D eigenvalue weighted by molar-refractivity contribution is -0.152. The normalized spacial score (nSPS) is 20.8. The first-order valence-corrected chi connectivity index (χ1v) is 10.1. The van der Waals surface area contributed by atoms with E-state index in [1.54, 1.807) is 29.7 Å². The average Bonchev–Trinajstić information content (AvgIpc) is 3.33. The van der Waals surface area contributed by atoms with Crippen LogP contribution >= 0.6 is 0 Å². The first-order chi connectivity index (χ1) is 15.3. The molecule has 3 atom stereocenters. The molecular weight excluding hydrogens is 421 g/mol. The number of rotatable bonds is 7. The minimum absolute atomic E-state index is 0.0637. The molecule has 1 saturated heterocycles.